The molecule has 0 saturated carbocycles. The Morgan fingerprint density at radius 2 is 2.00 bits per heavy atom. The van der Waals surface area contributed by atoms with Gasteiger partial charge < -0.3 is 10.4 Å². The van der Waals surface area contributed by atoms with Crippen LogP contribution in [0.2, 0.25) is 0 Å². The number of amides is 2. The average Bonchev–Trinajstić information content (AvgIpc) is 2.75. The first kappa shape index (κ1) is 13.0. The number of carboxylic acid groups (broad SMARTS) is 1. The van der Waals surface area contributed by atoms with Gasteiger partial charge in [-0.3, -0.25) is 5.32 Å². The van der Waals surface area contributed by atoms with Crippen molar-refractivity contribution in [1.29, 1.82) is 0 Å². The van der Waals surface area contributed by atoms with E-state index in [1.54, 1.807) is 19.1 Å². The number of urea groups is 1. The molecule has 1 aromatic heterocycles. The first-order chi connectivity index (χ1) is 9.06. The van der Waals surface area contributed by atoms with E-state index in [1.807, 2.05) is 0 Å². The van der Waals surface area contributed by atoms with Crippen molar-refractivity contribution in [2.45, 2.75) is 6.92 Å². The van der Waals surface area contributed by atoms with Crippen LogP contribution in [0.4, 0.5) is 15.6 Å². The molecule has 0 spiro atoms. The van der Waals surface area contributed by atoms with Crippen molar-refractivity contribution in [3.8, 4) is 0 Å². The minimum absolute atomic E-state index is 0.0195. The van der Waals surface area contributed by atoms with Gasteiger partial charge >= 0.3 is 12.0 Å². The van der Waals surface area contributed by atoms with Crippen molar-refractivity contribution in [2.24, 2.45) is 0 Å². The number of carbonyl (C=O) groups excluding carboxylic acids is 1. The average molecular weight is 278 g/mol. The third kappa shape index (κ3) is 3.26. The Bertz CT molecular complexity index is 626. The van der Waals surface area contributed by atoms with E-state index < -0.39 is 12.0 Å². The molecule has 2 amide bonds. The second kappa shape index (κ2) is 5.44. The van der Waals surface area contributed by atoms with Gasteiger partial charge in [-0.2, -0.15) is 4.37 Å². The largest absolute Gasteiger partial charge is 0.478 e. The van der Waals surface area contributed by atoms with Gasteiger partial charge in [0.2, 0.25) is 5.13 Å². The normalized spacial score (nSPS) is 9.95. The summed E-state index contributed by atoms with van der Waals surface area (Å²) in [5.41, 5.74) is 0.236. The number of nitrogens with zero attached hydrogens (tertiary/aromatic N) is 2. The van der Waals surface area contributed by atoms with Crippen LogP contribution in [0.15, 0.2) is 24.3 Å². The number of para-hydroxylation sites is 1. The van der Waals surface area contributed by atoms with Crippen LogP contribution < -0.4 is 10.6 Å². The maximum Gasteiger partial charge on any atom is 0.337 e. The molecule has 3 N–H and O–H groups in total. The topological polar surface area (TPSA) is 104 Å². The molecule has 1 aromatic carbocycles. The summed E-state index contributed by atoms with van der Waals surface area (Å²) in [6, 6.07) is 5.57. The molecule has 0 saturated heterocycles. The number of anilines is 2. The van der Waals surface area contributed by atoms with E-state index in [9.17, 15) is 9.59 Å². The quantitative estimate of drug-likeness (QED) is 0.798. The summed E-state index contributed by atoms with van der Waals surface area (Å²) >= 11 is 1.05. The number of carboxylic acids is 1. The molecule has 2 rings (SSSR count). The number of rotatable bonds is 3. The van der Waals surface area contributed by atoms with Gasteiger partial charge in [0, 0.05) is 11.5 Å². The molecule has 2 aromatic rings. The summed E-state index contributed by atoms with van der Waals surface area (Å²) in [5.74, 6) is -0.547. The minimum atomic E-state index is -1.11. The molecule has 8 heteroatoms. The summed E-state index contributed by atoms with van der Waals surface area (Å²) in [4.78, 5) is 26.6. The number of aromatic nitrogens is 2. The molecule has 19 heavy (non-hydrogen) atoms. The Morgan fingerprint density at radius 3 is 2.63 bits per heavy atom. The first-order valence-electron chi connectivity index (χ1n) is 5.27. The SMILES string of the molecule is Cc1nsc(NC(=O)Nc2ccccc2C(=O)O)n1. The zero-order valence-corrected chi connectivity index (χ0v) is 10.7. The summed E-state index contributed by atoms with van der Waals surface area (Å²) in [7, 11) is 0. The van der Waals surface area contributed by atoms with Crippen LogP contribution in [0.1, 0.15) is 16.2 Å². The third-order valence-electron chi connectivity index (χ3n) is 2.15. The molecular weight excluding hydrogens is 268 g/mol. The molecule has 0 unspecified atom stereocenters. The lowest BCUT2D eigenvalue weighted by atomic mass is 10.2. The Morgan fingerprint density at radius 1 is 1.26 bits per heavy atom. The Hall–Kier alpha value is -2.48. The number of nitrogens with one attached hydrogen (secondary N) is 2. The first-order valence-corrected chi connectivity index (χ1v) is 6.04. The van der Waals surface area contributed by atoms with Crippen molar-refractivity contribution in [3.63, 3.8) is 0 Å². The van der Waals surface area contributed by atoms with Crippen LogP contribution in [0.5, 0.6) is 0 Å². The van der Waals surface area contributed by atoms with Gasteiger partial charge in [0.05, 0.1) is 11.3 Å². The number of hydrogen-bond acceptors (Lipinski definition) is 5. The van der Waals surface area contributed by atoms with Gasteiger partial charge in [-0.05, 0) is 19.1 Å². The van der Waals surface area contributed by atoms with Crippen molar-refractivity contribution in [1.82, 2.24) is 9.36 Å². The number of benzene rings is 1. The van der Waals surface area contributed by atoms with E-state index in [0.717, 1.165) is 11.5 Å². The summed E-state index contributed by atoms with van der Waals surface area (Å²) in [6.45, 7) is 1.71. The lowest BCUT2D eigenvalue weighted by Gasteiger charge is -2.07. The zero-order chi connectivity index (χ0) is 13.8. The molecule has 0 aliphatic rings. The number of aromatic carboxylic acids is 1. The fourth-order valence-corrected chi connectivity index (χ4v) is 1.95. The molecule has 98 valence electrons. The molecule has 0 aliphatic carbocycles. The molecule has 0 atom stereocenters. The summed E-state index contributed by atoms with van der Waals surface area (Å²) in [6.07, 6.45) is 0. The zero-order valence-electron chi connectivity index (χ0n) is 9.88. The highest BCUT2D eigenvalue weighted by Crippen LogP contribution is 2.16. The van der Waals surface area contributed by atoms with Gasteiger partial charge in [0.15, 0.2) is 0 Å². The fraction of sp³-hybridized carbons (Fsp3) is 0.0909. The smallest absolute Gasteiger partial charge is 0.337 e. The van der Waals surface area contributed by atoms with Crippen LogP contribution in [0, 0.1) is 6.92 Å². The molecule has 0 bridgehead atoms. The van der Waals surface area contributed by atoms with Crippen LogP contribution >= 0.6 is 11.5 Å². The van der Waals surface area contributed by atoms with E-state index >= 15 is 0 Å². The third-order valence-corrected chi connectivity index (χ3v) is 2.88. The highest BCUT2D eigenvalue weighted by atomic mass is 32.1. The highest BCUT2D eigenvalue weighted by molar-refractivity contribution is 7.09. The predicted octanol–water partition coefficient (Wildman–Crippen LogP) is 2.19. The Labute approximate surface area is 112 Å². The van der Waals surface area contributed by atoms with E-state index in [1.165, 1.54) is 12.1 Å². The number of aryl methyl sites for hydroxylation is 1. The maximum absolute atomic E-state index is 11.7. The van der Waals surface area contributed by atoms with Crippen LogP contribution in [0.25, 0.3) is 0 Å². The van der Waals surface area contributed by atoms with Gasteiger partial charge in [-0.25, -0.2) is 14.6 Å². The van der Waals surface area contributed by atoms with Crippen molar-refractivity contribution in [3.05, 3.63) is 35.7 Å². The van der Waals surface area contributed by atoms with E-state index in [4.69, 9.17) is 5.11 Å². The van der Waals surface area contributed by atoms with Gasteiger partial charge in [0.25, 0.3) is 0 Å². The summed E-state index contributed by atoms with van der Waals surface area (Å²) < 4.78 is 3.92. The number of hydrogen-bond donors (Lipinski definition) is 3. The Kier molecular flexibility index (Phi) is 3.71. The predicted molar refractivity (Wildman–Crippen MR) is 70.7 cm³/mol. The molecule has 0 radical (unpaired) electrons. The van der Waals surface area contributed by atoms with E-state index in [-0.39, 0.29) is 11.3 Å². The highest BCUT2D eigenvalue weighted by Gasteiger charge is 2.12. The number of carbonyl (C=O) groups is 2. The van der Waals surface area contributed by atoms with Gasteiger partial charge in [0.1, 0.15) is 5.82 Å². The molecule has 0 aliphatic heterocycles. The van der Waals surface area contributed by atoms with Crippen molar-refractivity contribution >= 4 is 34.4 Å². The maximum atomic E-state index is 11.7. The second-order valence-corrected chi connectivity index (χ2v) is 4.33. The second-order valence-electron chi connectivity index (χ2n) is 3.58. The van der Waals surface area contributed by atoms with Crippen molar-refractivity contribution in [2.75, 3.05) is 10.6 Å². The van der Waals surface area contributed by atoms with E-state index in [0.29, 0.717) is 11.0 Å². The van der Waals surface area contributed by atoms with Crippen molar-refractivity contribution < 1.29 is 14.7 Å². The van der Waals surface area contributed by atoms with Gasteiger partial charge in [-0.15, -0.1) is 0 Å². The molecule has 1 heterocycles. The molecule has 0 fully saturated rings. The van der Waals surface area contributed by atoms with Crippen LogP contribution in [-0.2, 0) is 0 Å². The van der Waals surface area contributed by atoms with Crippen LogP contribution in [0.3, 0.4) is 0 Å². The van der Waals surface area contributed by atoms with Crippen LogP contribution in [-0.4, -0.2) is 26.5 Å². The summed E-state index contributed by atoms with van der Waals surface area (Å²) in [5, 5.41) is 14.3. The lowest BCUT2D eigenvalue weighted by molar-refractivity contribution is 0.0698. The lowest BCUT2D eigenvalue weighted by Crippen LogP contribution is -2.20. The fourth-order valence-electron chi connectivity index (χ4n) is 1.38. The monoisotopic (exact) mass is 278 g/mol. The van der Waals surface area contributed by atoms with Gasteiger partial charge in [-0.1, -0.05) is 12.1 Å². The molecule has 7 nitrogen and oxygen atoms in total. The van der Waals surface area contributed by atoms with E-state index in [2.05, 4.69) is 20.0 Å². The standard InChI is InChI=1S/C11H10N4O3S/c1-6-12-11(19-15-6)14-10(18)13-8-5-3-2-4-7(8)9(16)17/h2-5H,1H3,(H,16,17)(H2,12,13,14,15,18). The minimum Gasteiger partial charge on any atom is -0.478 e. The molecular formula is C11H10N4O3S. The Balaban J connectivity index is 2.09.